The molecule has 2 N–H and O–H groups in total. The van der Waals surface area contributed by atoms with Crippen LogP contribution in [-0.2, 0) is 6.42 Å². The van der Waals surface area contributed by atoms with Crippen LogP contribution in [-0.4, -0.2) is 4.98 Å². The van der Waals surface area contributed by atoms with Gasteiger partial charge in [-0.2, -0.15) is 0 Å². The lowest BCUT2D eigenvalue weighted by atomic mass is 10.0. The Balaban J connectivity index is 2.13. The normalized spacial score (nSPS) is 12.4. The Hall–Kier alpha value is -0.970. The fourth-order valence-corrected chi connectivity index (χ4v) is 1.98. The van der Waals surface area contributed by atoms with Crippen LogP contribution in [0.5, 0.6) is 0 Å². The third kappa shape index (κ3) is 3.28. The fraction of sp³-hybridized carbons (Fsp3) is 0.154. The van der Waals surface area contributed by atoms with E-state index in [2.05, 4.69) is 20.9 Å². The number of nitrogens with zero attached hydrogens (tertiary/aromatic N) is 1. The van der Waals surface area contributed by atoms with E-state index in [1.807, 2.05) is 12.1 Å². The molecule has 5 heteroatoms. The molecule has 94 valence electrons. The van der Waals surface area contributed by atoms with Gasteiger partial charge in [0.05, 0.1) is 16.8 Å². The van der Waals surface area contributed by atoms with Crippen LogP contribution in [0.2, 0.25) is 5.02 Å². The first-order valence-corrected chi connectivity index (χ1v) is 6.54. The molecule has 0 aliphatic rings. The topological polar surface area (TPSA) is 38.9 Å². The Morgan fingerprint density at radius 2 is 2.11 bits per heavy atom. The molecular formula is C13H11BrClFN2. The average Bonchev–Trinajstić information content (AvgIpc) is 2.34. The van der Waals surface area contributed by atoms with Crippen LogP contribution in [0.15, 0.2) is 41.0 Å². The van der Waals surface area contributed by atoms with Crippen LogP contribution < -0.4 is 5.73 Å². The van der Waals surface area contributed by atoms with Crippen molar-refractivity contribution in [3.63, 3.8) is 0 Å². The van der Waals surface area contributed by atoms with E-state index in [9.17, 15) is 4.39 Å². The van der Waals surface area contributed by atoms with E-state index in [0.29, 0.717) is 6.42 Å². The SMILES string of the molecule is NC(Cc1ccc(Cl)c(F)c1)c1ccc(Br)cn1. The molecule has 1 unspecified atom stereocenters. The van der Waals surface area contributed by atoms with Crippen molar-refractivity contribution in [1.82, 2.24) is 4.98 Å². The third-order valence-electron chi connectivity index (χ3n) is 2.57. The zero-order valence-electron chi connectivity index (χ0n) is 9.41. The van der Waals surface area contributed by atoms with Gasteiger partial charge in [-0.05, 0) is 52.2 Å². The summed E-state index contributed by atoms with van der Waals surface area (Å²) in [5, 5.41) is 0.120. The number of hydrogen-bond acceptors (Lipinski definition) is 2. The summed E-state index contributed by atoms with van der Waals surface area (Å²) in [6.07, 6.45) is 2.21. The molecule has 0 amide bonds. The van der Waals surface area contributed by atoms with Gasteiger partial charge in [0.2, 0.25) is 0 Å². The van der Waals surface area contributed by atoms with Crippen molar-refractivity contribution in [2.45, 2.75) is 12.5 Å². The van der Waals surface area contributed by atoms with Crippen LogP contribution in [0.1, 0.15) is 17.3 Å². The van der Waals surface area contributed by atoms with E-state index in [0.717, 1.165) is 15.7 Å². The second-order valence-electron chi connectivity index (χ2n) is 3.96. The van der Waals surface area contributed by atoms with Crippen LogP contribution in [0.4, 0.5) is 4.39 Å². The van der Waals surface area contributed by atoms with Crippen LogP contribution in [0.25, 0.3) is 0 Å². The summed E-state index contributed by atoms with van der Waals surface area (Å²) in [5.74, 6) is -0.426. The molecule has 0 bridgehead atoms. The molecule has 1 heterocycles. The molecule has 2 aromatic rings. The first-order valence-electron chi connectivity index (χ1n) is 5.37. The van der Waals surface area contributed by atoms with E-state index in [1.165, 1.54) is 12.1 Å². The lowest BCUT2D eigenvalue weighted by Crippen LogP contribution is -2.14. The maximum absolute atomic E-state index is 13.3. The number of pyridine rings is 1. The van der Waals surface area contributed by atoms with E-state index in [1.54, 1.807) is 12.3 Å². The molecule has 0 spiro atoms. The van der Waals surface area contributed by atoms with Crippen molar-refractivity contribution in [1.29, 1.82) is 0 Å². The van der Waals surface area contributed by atoms with E-state index in [4.69, 9.17) is 17.3 Å². The van der Waals surface area contributed by atoms with Gasteiger partial charge in [-0.1, -0.05) is 17.7 Å². The van der Waals surface area contributed by atoms with Crippen molar-refractivity contribution in [2.75, 3.05) is 0 Å². The number of aromatic nitrogens is 1. The summed E-state index contributed by atoms with van der Waals surface area (Å²) in [5.41, 5.74) is 7.60. The third-order valence-corrected chi connectivity index (χ3v) is 3.35. The van der Waals surface area contributed by atoms with Gasteiger partial charge in [-0.25, -0.2) is 4.39 Å². The Labute approximate surface area is 118 Å². The van der Waals surface area contributed by atoms with E-state index in [-0.39, 0.29) is 11.1 Å². The second-order valence-corrected chi connectivity index (χ2v) is 5.28. The van der Waals surface area contributed by atoms with E-state index >= 15 is 0 Å². The molecule has 2 nitrogen and oxygen atoms in total. The molecular weight excluding hydrogens is 319 g/mol. The summed E-state index contributed by atoms with van der Waals surface area (Å²) in [4.78, 5) is 4.22. The molecule has 1 atom stereocenters. The average molecular weight is 330 g/mol. The van der Waals surface area contributed by atoms with Crippen molar-refractivity contribution >= 4 is 27.5 Å². The van der Waals surface area contributed by atoms with Gasteiger partial charge in [-0.15, -0.1) is 0 Å². The lowest BCUT2D eigenvalue weighted by Gasteiger charge is -2.11. The molecule has 0 aliphatic heterocycles. The largest absolute Gasteiger partial charge is 0.322 e. The molecule has 1 aromatic heterocycles. The molecule has 0 radical (unpaired) electrons. The smallest absolute Gasteiger partial charge is 0.142 e. The predicted molar refractivity (Wildman–Crippen MR) is 74.0 cm³/mol. The van der Waals surface area contributed by atoms with Crippen molar-refractivity contribution in [2.24, 2.45) is 5.73 Å². The highest BCUT2D eigenvalue weighted by Gasteiger charge is 2.10. The van der Waals surface area contributed by atoms with Gasteiger partial charge in [-0.3, -0.25) is 4.98 Å². The van der Waals surface area contributed by atoms with Gasteiger partial charge in [0.15, 0.2) is 0 Å². The quantitative estimate of drug-likeness (QED) is 0.928. The predicted octanol–water partition coefficient (Wildman–Crippen LogP) is 3.88. The minimum absolute atomic E-state index is 0.120. The molecule has 18 heavy (non-hydrogen) atoms. The minimum Gasteiger partial charge on any atom is -0.322 e. The minimum atomic E-state index is -0.426. The molecule has 0 saturated carbocycles. The molecule has 0 aliphatic carbocycles. The van der Waals surface area contributed by atoms with Crippen molar-refractivity contribution < 1.29 is 4.39 Å². The summed E-state index contributed by atoms with van der Waals surface area (Å²) >= 11 is 8.94. The fourth-order valence-electron chi connectivity index (χ4n) is 1.63. The first kappa shape index (κ1) is 13.5. The number of hydrogen-bond donors (Lipinski definition) is 1. The number of halogens is 3. The maximum atomic E-state index is 13.3. The van der Waals surface area contributed by atoms with Crippen LogP contribution in [0, 0.1) is 5.82 Å². The Kier molecular flexibility index (Phi) is 4.32. The van der Waals surface area contributed by atoms with Gasteiger partial charge < -0.3 is 5.73 Å². The lowest BCUT2D eigenvalue weighted by molar-refractivity contribution is 0.621. The summed E-state index contributed by atoms with van der Waals surface area (Å²) in [7, 11) is 0. The number of nitrogens with two attached hydrogens (primary N) is 1. The zero-order chi connectivity index (χ0) is 13.1. The molecule has 2 rings (SSSR count). The highest BCUT2D eigenvalue weighted by molar-refractivity contribution is 9.10. The maximum Gasteiger partial charge on any atom is 0.142 e. The zero-order valence-corrected chi connectivity index (χ0v) is 11.7. The second kappa shape index (κ2) is 5.78. The summed E-state index contributed by atoms with van der Waals surface area (Å²) in [6.45, 7) is 0. The Bertz CT molecular complexity index is 545. The standard InChI is InChI=1S/C13H11BrClFN2/c14-9-2-4-13(18-7-9)12(17)6-8-1-3-10(15)11(16)5-8/h1-5,7,12H,6,17H2. The number of benzene rings is 1. The Morgan fingerprint density at radius 1 is 1.33 bits per heavy atom. The number of rotatable bonds is 3. The van der Waals surface area contributed by atoms with Gasteiger partial charge in [0, 0.05) is 10.7 Å². The van der Waals surface area contributed by atoms with Crippen molar-refractivity contribution in [3.8, 4) is 0 Å². The first-order chi connectivity index (χ1) is 8.56. The summed E-state index contributed by atoms with van der Waals surface area (Å²) in [6, 6.07) is 8.17. The molecule has 0 fully saturated rings. The molecule has 1 aromatic carbocycles. The molecule has 0 saturated heterocycles. The van der Waals surface area contributed by atoms with Gasteiger partial charge in [0.1, 0.15) is 5.82 Å². The Morgan fingerprint density at radius 3 is 2.72 bits per heavy atom. The monoisotopic (exact) mass is 328 g/mol. The van der Waals surface area contributed by atoms with Gasteiger partial charge in [0.25, 0.3) is 0 Å². The highest BCUT2D eigenvalue weighted by atomic mass is 79.9. The highest BCUT2D eigenvalue weighted by Crippen LogP contribution is 2.20. The van der Waals surface area contributed by atoms with Crippen LogP contribution in [0.3, 0.4) is 0 Å². The van der Waals surface area contributed by atoms with Gasteiger partial charge >= 0.3 is 0 Å². The van der Waals surface area contributed by atoms with Crippen LogP contribution >= 0.6 is 27.5 Å². The van der Waals surface area contributed by atoms with E-state index < -0.39 is 5.82 Å². The summed E-state index contributed by atoms with van der Waals surface area (Å²) < 4.78 is 14.2. The van der Waals surface area contributed by atoms with Crippen molar-refractivity contribution in [3.05, 3.63) is 63.1 Å².